The number of nitrogens with zero attached hydrogens (tertiary/aromatic N) is 2. The highest BCUT2D eigenvalue weighted by Gasteiger charge is 2.33. The lowest BCUT2D eigenvalue weighted by molar-refractivity contribution is -0.145. The summed E-state index contributed by atoms with van der Waals surface area (Å²) in [4.78, 5) is 33.1. The van der Waals surface area contributed by atoms with E-state index in [0.29, 0.717) is 32.4 Å². The summed E-state index contributed by atoms with van der Waals surface area (Å²) in [5.74, 6) is -0.0967. The first-order valence-corrected chi connectivity index (χ1v) is 14.4. The van der Waals surface area contributed by atoms with Crippen LogP contribution in [-0.2, 0) is 27.4 Å². The van der Waals surface area contributed by atoms with Gasteiger partial charge in [0.15, 0.2) is 0 Å². The zero-order chi connectivity index (χ0) is 28.3. The Labute approximate surface area is 242 Å². The van der Waals surface area contributed by atoms with E-state index >= 15 is 0 Å². The Morgan fingerprint density at radius 2 is 1.51 bits per heavy atom. The Bertz CT molecular complexity index is 1330. The van der Waals surface area contributed by atoms with Gasteiger partial charge in [-0.05, 0) is 41.7 Å². The number of hydrogen-bond donors (Lipinski definition) is 1. The molecule has 4 aromatic rings. The minimum Gasteiger partial charge on any atom is -0.461 e. The fourth-order valence-corrected chi connectivity index (χ4v) is 5.46. The standard InChI is InChI=1S/C35H37N3O3/c39-34(41-26-27-12-4-1-5-13-27)20-19-30-21-23-38(35(40)33(37-30)24-31-18-10-11-22-36-31)25-32(28-14-6-2-7-15-28)29-16-8-3-9-17-29/h1-18,22,30,32-33,37H,19-21,23-26H2/t30-,33+/m1/s1. The third kappa shape index (κ3) is 8.12. The number of hydrogen-bond acceptors (Lipinski definition) is 5. The SMILES string of the molecule is O=C(CC[C@@H]1CCN(CC(c2ccccc2)c2ccccc2)C(=O)[C@H](Cc2ccccn2)N1)OCc1ccccc1. The van der Waals surface area contributed by atoms with Gasteiger partial charge in [-0.25, -0.2) is 0 Å². The Morgan fingerprint density at radius 1 is 0.878 bits per heavy atom. The Hall–Kier alpha value is -4.29. The van der Waals surface area contributed by atoms with Gasteiger partial charge in [-0.1, -0.05) is 97.1 Å². The van der Waals surface area contributed by atoms with Crippen LogP contribution in [0.5, 0.6) is 0 Å². The van der Waals surface area contributed by atoms with Crippen molar-refractivity contribution in [3.63, 3.8) is 0 Å². The number of ether oxygens (including phenoxy) is 1. The molecule has 1 aliphatic rings. The van der Waals surface area contributed by atoms with Gasteiger partial charge < -0.3 is 15.0 Å². The van der Waals surface area contributed by atoms with E-state index in [1.807, 2.05) is 89.8 Å². The molecule has 0 spiro atoms. The molecule has 2 heterocycles. The summed E-state index contributed by atoms with van der Waals surface area (Å²) in [5.41, 5.74) is 4.20. The molecule has 3 aromatic carbocycles. The summed E-state index contributed by atoms with van der Waals surface area (Å²) in [6, 6.07) is 35.8. The number of esters is 1. The quantitative estimate of drug-likeness (QED) is 0.250. The van der Waals surface area contributed by atoms with E-state index in [1.54, 1.807) is 6.20 Å². The molecule has 2 atom stereocenters. The second-order valence-electron chi connectivity index (χ2n) is 10.6. The zero-order valence-corrected chi connectivity index (χ0v) is 23.3. The van der Waals surface area contributed by atoms with Crippen LogP contribution >= 0.6 is 0 Å². The second-order valence-corrected chi connectivity index (χ2v) is 10.6. The van der Waals surface area contributed by atoms with Gasteiger partial charge in [0, 0.05) is 49.8 Å². The first kappa shape index (κ1) is 28.2. The van der Waals surface area contributed by atoms with E-state index in [-0.39, 0.29) is 30.4 Å². The van der Waals surface area contributed by atoms with Crippen LogP contribution in [0.15, 0.2) is 115 Å². The maximum atomic E-state index is 14.0. The molecule has 0 unspecified atom stereocenters. The molecule has 0 aliphatic carbocycles. The van der Waals surface area contributed by atoms with E-state index in [0.717, 1.165) is 17.7 Å². The molecular formula is C35H37N3O3. The highest BCUT2D eigenvalue weighted by Crippen LogP contribution is 2.27. The van der Waals surface area contributed by atoms with Crippen LogP contribution in [0.1, 0.15) is 47.6 Å². The average Bonchev–Trinajstić information content (AvgIpc) is 3.17. The molecule has 1 saturated heterocycles. The van der Waals surface area contributed by atoms with Crippen LogP contribution in [0, 0.1) is 0 Å². The first-order chi connectivity index (χ1) is 20.2. The minimum atomic E-state index is -0.426. The molecule has 0 saturated carbocycles. The van der Waals surface area contributed by atoms with E-state index in [9.17, 15) is 9.59 Å². The monoisotopic (exact) mass is 547 g/mol. The van der Waals surface area contributed by atoms with E-state index in [4.69, 9.17) is 4.74 Å². The van der Waals surface area contributed by atoms with Gasteiger partial charge in [-0.3, -0.25) is 14.6 Å². The fourth-order valence-electron chi connectivity index (χ4n) is 5.46. The lowest BCUT2D eigenvalue weighted by Crippen LogP contribution is -2.48. The van der Waals surface area contributed by atoms with Crippen molar-refractivity contribution < 1.29 is 14.3 Å². The number of benzene rings is 3. The van der Waals surface area contributed by atoms with Crippen molar-refractivity contribution in [2.45, 2.75) is 50.3 Å². The third-order valence-electron chi connectivity index (χ3n) is 7.68. The molecule has 6 heteroatoms. The average molecular weight is 548 g/mol. The fraction of sp³-hybridized carbons (Fsp3) is 0.286. The van der Waals surface area contributed by atoms with Crippen LogP contribution in [0.25, 0.3) is 0 Å². The van der Waals surface area contributed by atoms with Crippen molar-refractivity contribution in [1.29, 1.82) is 0 Å². The van der Waals surface area contributed by atoms with Gasteiger partial charge in [-0.15, -0.1) is 0 Å². The topological polar surface area (TPSA) is 71.5 Å². The van der Waals surface area contributed by atoms with Crippen molar-refractivity contribution in [3.8, 4) is 0 Å². The first-order valence-electron chi connectivity index (χ1n) is 14.4. The molecule has 5 rings (SSSR count). The lowest BCUT2D eigenvalue weighted by atomic mass is 9.90. The number of nitrogens with one attached hydrogen (secondary N) is 1. The van der Waals surface area contributed by atoms with Crippen LogP contribution in [0.3, 0.4) is 0 Å². The molecule has 6 nitrogen and oxygen atoms in total. The Morgan fingerprint density at radius 3 is 2.15 bits per heavy atom. The normalized spacial score (nSPS) is 17.3. The van der Waals surface area contributed by atoms with E-state index in [1.165, 1.54) is 11.1 Å². The molecule has 1 aromatic heterocycles. The van der Waals surface area contributed by atoms with Gasteiger partial charge in [0.1, 0.15) is 6.61 Å². The van der Waals surface area contributed by atoms with Gasteiger partial charge in [0.05, 0.1) is 6.04 Å². The molecule has 41 heavy (non-hydrogen) atoms. The van der Waals surface area contributed by atoms with E-state index in [2.05, 4.69) is 34.6 Å². The highest BCUT2D eigenvalue weighted by molar-refractivity contribution is 5.82. The second kappa shape index (κ2) is 14.4. The molecule has 0 radical (unpaired) electrons. The summed E-state index contributed by atoms with van der Waals surface area (Å²) in [7, 11) is 0. The predicted octanol–water partition coefficient (Wildman–Crippen LogP) is 5.54. The zero-order valence-electron chi connectivity index (χ0n) is 23.3. The lowest BCUT2D eigenvalue weighted by Gasteiger charge is -2.29. The molecule has 210 valence electrons. The number of carbonyl (C=O) groups is 2. The van der Waals surface area contributed by atoms with Crippen molar-refractivity contribution in [3.05, 3.63) is 138 Å². The van der Waals surface area contributed by atoms with Crippen molar-refractivity contribution in [2.24, 2.45) is 0 Å². The summed E-state index contributed by atoms with van der Waals surface area (Å²) >= 11 is 0. The largest absolute Gasteiger partial charge is 0.461 e. The van der Waals surface area contributed by atoms with Gasteiger partial charge in [0.25, 0.3) is 0 Å². The van der Waals surface area contributed by atoms with Crippen molar-refractivity contribution >= 4 is 11.9 Å². The van der Waals surface area contributed by atoms with E-state index < -0.39 is 6.04 Å². The predicted molar refractivity (Wildman–Crippen MR) is 160 cm³/mol. The van der Waals surface area contributed by atoms with Crippen molar-refractivity contribution in [2.75, 3.05) is 13.1 Å². The van der Waals surface area contributed by atoms with Crippen molar-refractivity contribution in [1.82, 2.24) is 15.2 Å². The number of amides is 1. The molecule has 0 bridgehead atoms. The number of carbonyl (C=O) groups excluding carboxylic acids is 2. The number of pyridine rings is 1. The van der Waals surface area contributed by atoms with Crippen LogP contribution in [0.2, 0.25) is 0 Å². The molecule has 1 aliphatic heterocycles. The molecule has 1 amide bonds. The Kier molecular flexibility index (Phi) is 9.90. The minimum absolute atomic E-state index is 0.00818. The smallest absolute Gasteiger partial charge is 0.306 e. The van der Waals surface area contributed by atoms with Gasteiger partial charge in [-0.2, -0.15) is 0 Å². The summed E-state index contributed by atoms with van der Waals surface area (Å²) in [5, 5.41) is 3.59. The summed E-state index contributed by atoms with van der Waals surface area (Å²) in [6.45, 7) is 1.47. The van der Waals surface area contributed by atoms with Crippen LogP contribution in [-0.4, -0.2) is 46.9 Å². The van der Waals surface area contributed by atoms with Gasteiger partial charge >= 0.3 is 5.97 Å². The number of rotatable bonds is 11. The maximum absolute atomic E-state index is 14.0. The third-order valence-corrected chi connectivity index (χ3v) is 7.68. The highest BCUT2D eigenvalue weighted by atomic mass is 16.5. The van der Waals surface area contributed by atoms with Crippen LogP contribution in [0.4, 0.5) is 0 Å². The summed E-state index contributed by atoms with van der Waals surface area (Å²) < 4.78 is 5.51. The molecular weight excluding hydrogens is 510 g/mol. The summed E-state index contributed by atoms with van der Waals surface area (Å²) in [6.07, 6.45) is 3.91. The molecule has 1 fully saturated rings. The van der Waals surface area contributed by atoms with Crippen LogP contribution < -0.4 is 5.32 Å². The Balaban J connectivity index is 1.30. The number of aromatic nitrogens is 1. The maximum Gasteiger partial charge on any atom is 0.306 e. The molecule has 1 N–H and O–H groups in total. The van der Waals surface area contributed by atoms with Gasteiger partial charge in [0.2, 0.25) is 5.91 Å².